The number of amides is 1. The van der Waals surface area contributed by atoms with E-state index >= 15 is 0 Å². The lowest BCUT2D eigenvalue weighted by Gasteiger charge is -2.21. The van der Waals surface area contributed by atoms with Crippen molar-refractivity contribution in [1.29, 1.82) is 0 Å². The molecule has 1 amide bonds. The maximum Gasteiger partial charge on any atom is 0.265 e. The minimum atomic E-state index is -1.60. The predicted octanol–water partition coefficient (Wildman–Crippen LogP) is 2.64. The lowest BCUT2D eigenvalue weighted by atomic mass is 9.88. The van der Waals surface area contributed by atoms with Crippen molar-refractivity contribution in [3.05, 3.63) is 64.1 Å². The molecule has 0 saturated carbocycles. The molecule has 0 radical (unpaired) electrons. The van der Waals surface area contributed by atoms with Crippen LogP contribution in [0.25, 0.3) is 0 Å². The number of anilines is 1. The fourth-order valence-electron chi connectivity index (χ4n) is 2.24. The van der Waals surface area contributed by atoms with E-state index in [0.29, 0.717) is 16.8 Å². The zero-order valence-electron chi connectivity index (χ0n) is 9.35. The molecule has 1 atom stereocenters. The van der Waals surface area contributed by atoms with Gasteiger partial charge in [-0.15, -0.1) is 0 Å². The monoisotopic (exact) mass is 303 g/mol. The summed E-state index contributed by atoms with van der Waals surface area (Å²) in [6, 6.07) is 14.3. The Balaban J connectivity index is 2.23. The average molecular weight is 304 g/mol. The number of fused-ring (bicyclic) bond motifs is 1. The molecule has 90 valence electrons. The van der Waals surface area contributed by atoms with Crippen LogP contribution in [0, 0.1) is 0 Å². The summed E-state index contributed by atoms with van der Waals surface area (Å²) in [5.74, 6) is -0.415. The predicted molar refractivity (Wildman–Crippen MR) is 72.2 cm³/mol. The zero-order chi connectivity index (χ0) is 12.8. The Hall–Kier alpha value is -1.65. The summed E-state index contributed by atoms with van der Waals surface area (Å²) in [4.78, 5) is 12.1. The Bertz CT molecular complexity index is 627. The molecular weight excluding hydrogens is 294 g/mol. The van der Waals surface area contributed by atoms with Crippen molar-refractivity contribution in [2.45, 2.75) is 5.60 Å². The summed E-state index contributed by atoms with van der Waals surface area (Å²) >= 11 is 3.35. The molecule has 0 spiro atoms. The topological polar surface area (TPSA) is 49.3 Å². The minimum absolute atomic E-state index is 0.415. The maximum absolute atomic E-state index is 12.1. The molecule has 0 bridgehead atoms. The van der Waals surface area contributed by atoms with E-state index in [4.69, 9.17) is 0 Å². The smallest absolute Gasteiger partial charge is 0.265 e. The van der Waals surface area contributed by atoms with Crippen LogP contribution < -0.4 is 5.32 Å². The molecule has 1 aliphatic heterocycles. The van der Waals surface area contributed by atoms with Crippen LogP contribution >= 0.6 is 15.9 Å². The quantitative estimate of drug-likeness (QED) is 0.851. The molecule has 0 aliphatic carbocycles. The number of nitrogens with one attached hydrogen (secondary N) is 1. The summed E-state index contributed by atoms with van der Waals surface area (Å²) in [6.07, 6.45) is 0. The summed E-state index contributed by atoms with van der Waals surface area (Å²) in [5.41, 5.74) is 0.198. The highest BCUT2D eigenvalue weighted by Gasteiger charge is 2.46. The molecule has 4 heteroatoms. The molecule has 1 heterocycles. The minimum Gasteiger partial charge on any atom is -0.372 e. The third-order valence-electron chi connectivity index (χ3n) is 3.14. The first kappa shape index (κ1) is 11.4. The molecule has 0 saturated heterocycles. The number of hydrogen-bond acceptors (Lipinski definition) is 2. The Morgan fingerprint density at radius 1 is 1.11 bits per heavy atom. The van der Waals surface area contributed by atoms with Crippen molar-refractivity contribution in [1.82, 2.24) is 0 Å². The van der Waals surface area contributed by atoms with Gasteiger partial charge in [-0.2, -0.15) is 0 Å². The molecular formula is C14H10BrNO2. The molecule has 2 aromatic carbocycles. The summed E-state index contributed by atoms with van der Waals surface area (Å²) in [6.45, 7) is 0. The van der Waals surface area contributed by atoms with Crippen molar-refractivity contribution in [3.63, 3.8) is 0 Å². The van der Waals surface area contributed by atoms with Gasteiger partial charge in [0.2, 0.25) is 0 Å². The third kappa shape index (κ3) is 1.50. The van der Waals surface area contributed by atoms with Gasteiger partial charge in [0.15, 0.2) is 5.60 Å². The first-order valence-corrected chi connectivity index (χ1v) is 6.31. The van der Waals surface area contributed by atoms with Crippen LogP contribution in [0.4, 0.5) is 5.69 Å². The highest BCUT2D eigenvalue weighted by atomic mass is 79.9. The number of carbonyl (C=O) groups is 1. The van der Waals surface area contributed by atoms with E-state index in [2.05, 4.69) is 21.2 Å². The summed E-state index contributed by atoms with van der Waals surface area (Å²) < 4.78 is 0.860. The number of hydrogen-bond donors (Lipinski definition) is 2. The number of aliphatic hydroxyl groups is 1. The Morgan fingerprint density at radius 2 is 1.83 bits per heavy atom. The molecule has 2 N–H and O–H groups in total. The van der Waals surface area contributed by atoms with Crippen molar-refractivity contribution in [3.8, 4) is 0 Å². The van der Waals surface area contributed by atoms with Gasteiger partial charge in [-0.25, -0.2) is 0 Å². The largest absolute Gasteiger partial charge is 0.372 e. The second-order valence-corrected chi connectivity index (χ2v) is 5.14. The number of carbonyl (C=O) groups excluding carboxylic acids is 1. The Labute approximate surface area is 113 Å². The normalized spacial score (nSPS) is 21.6. The lowest BCUT2D eigenvalue weighted by Crippen LogP contribution is -2.35. The van der Waals surface area contributed by atoms with E-state index in [0.717, 1.165) is 4.47 Å². The van der Waals surface area contributed by atoms with Crippen LogP contribution in [0.1, 0.15) is 11.1 Å². The van der Waals surface area contributed by atoms with E-state index in [1.165, 1.54) is 0 Å². The van der Waals surface area contributed by atoms with Crippen LogP contribution in [0.3, 0.4) is 0 Å². The molecule has 18 heavy (non-hydrogen) atoms. The fourth-order valence-corrected chi connectivity index (χ4v) is 2.60. The second kappa shape index (κ2) is 3.93. The van der Waals surface area contributed by atoms with Crippen LogP contribution in [0.15, 0.2) is 53.0 Å². The van der Waals surface area contributed by atoms with Crippen LogP contribution in [0.2, 0.25) is 0 Å². The lowest BCUT2D eigenvalue weighted by molar-refractivity contribution is -0.129. The number of rotatable bonds is 1. The third-order valence-corrected chi connectivity index (χ3v) is 3.63. The van der Waals surface area contributed by atoms with Gasteiger partial charge in [-0.05, 0) is 17.7 Å². The molecule has 3 nitrogen and oxygen atoms in total. The van der Waals surface area contributed by atoms with Crippen molar-refractivity contribution >= 4 is 27.5 Å². The average Bonchev–Trinajstić information content (AvgIpc) is 2.63. The molecule has 2 aromatic rings. The number of benzene rings is 2. The van der Waals surface area contributed by atoms with Crippen LogP contribution in [-0.2, 0) is 10.4 Å². The van der Waals surface area contributed by atoms with E-state index in [-0.39, 0.29) is 0 Å². The SMILES string of the molecule is O=C1Nc2cc(Br)ccc2[C@]1(O)c1ccccc1. The summed E-state index contributed by atoms with van der Waals surface area (Å²) in [7, 11) is 0. The highest BCUT2D eigenvalue weighted by molar-refractivity contribution is 9.10. The second-order valence-electron chi connectivity index (χ2n) is 4.22. The summed E-state index contributed by atoms with van der Waals surface area (Å²) in [5, 5.41) is 13.5. The Kier molecular flexibility index (Phi) is 2.50. The standard InChI is InChI=1S/C14H10BrNO2/c15-10-6-7-11-12(8-10)16-13(17)14(11,18)9-4-2-1-3-5-9/h1-8,18H,(H,16,17)/t14-/m1/s1. The van der Waals surface area contributed by atoms with Gasteiger partial charge in [0.25, 0.3) is 5.91 Å². The molecule has 3 rings (SSSR count). The fraction of sp³-hybridized carbons (Fsp3) is 0.0714. The van der Waals surface area contributed by atoms with Gasteiger partial charge in [-0.3, -0.25) is 4.79 Å². The van der Waals surface area contributed by atoms with Crippen molar-refractivity contribution in [2.24, 2.45) is 0 Å². The maximum atomic E-state index is 12.1. The Morgan fingerprint density at radius 3 is 2.56 bits per heavy atom. The van der Waals surface area contributed by atoms with E-state index in [1.807, 2.05) is 12.1 Å². The van der Waals surface area contributed by atoms with Gasteiger partial charge in [0, 0.05) is 15.7 Å². The van der Waals surface area contributed by atoms with Gasteiger partial charge in [-0.1, -0.05) is 52.3 Å². The van der Waals surface area contributed by atoms with Gasteiger partial charge < -0.3 is 10.4 Å². The van der Waals surface area contributed by atoms with Crippen LogP contribution in [-0.4, -0.2) is 11.0 Å². The zero-order valence-corrected chi connectivity index (χ0v) is 10.9. The van der Waals surface area contributed by atoms with E-state index in [9.17, 15) is 9.90 Å². The van der Waals surface area contributed by atoms with E-state index < -0.39 is 11.5 Å². The molecule has 0 fully saturated rings. The molecule has 1 aliphatic rings. The first-order chi connectivity index (χ1) is 8.62. The highest BCUT2D eigenvalue weighted by Crippen LogP contribution is 2.41. The van der Waals surface area contributed by atoms with Gasteiger partial charge in [0.05, 0.1) is 0 Å². The van der Waals surface area contributed by atoms with E-state index in [1.54, 1.807) is 36.4 Å². The molecule has 0 aromatic heterocycles. The first-order valence-electron chi connectivity index (χ1n) is 5.52. The number of halogens is 1. The molecule has 0 unspecified atom stereocenters. The van der Waals surface area contributed by atoms with Gasteiger partial charge >= 0.3 is 0 Å². The van der Waals surface area contributed by atoms with Gasteiger partial charge in [0.1, 0.15) is 0 Å². The van der Waals surface area contributed by atoms with Crippen molar-refractivity contribution < 1.29 is 9.90 Å². The van der Waals surface area contributed by atoms with Crippen molar-refractivity contribution in [2.75, 3.05) is 5.32 Å². The van der Waals surface area contributed by atoms with Crippen LogP contribution in [0.5, 0.6) is 0 Å².